The van der Waals surface area contributed by atoms with Gasteiger partial charge in [-0.05, 0) is 31.4 Å². The summed E-state index contributed by atoms with van der Waals surface area (Å²) in [7, 11) is 0. The normalized spacial score (nSPS) is 12.0. The number of nitrogens with zero attached hydrogens (tertiary/aromatic N) is 4. The third-order valence-electron chi connectivity index (χ3n) is 3.32. The van der Waals surface area contributed by atoms with Gasteiger partial charge >= 0.3 is 0 Å². The highest BCUT2D eigenvalue weighted by molar-refractivity contribution is 7.98. The summed E-state index contributed by atoms with van der Waals surface area (Å²) in [6, 6.07) is 2.89. The van der Waals surface area contributed by atoms with Gasteiger partial charge in [0, 0.05) is 13.0 Å². The summed E-state index contributed by atoms with van der Waals surface area (Å²) in [6.45, 7) is 3.92. The first-order valence-corrected chi connectivity index (χ1v) is 9.32. The highest BCUT2D eigenvalue weighted by Crippen LogP contribution is 2.09. The molecule has 2 aromatic rings. The van der Waals surface area contributed by atoms with Crippen LogP contribution in [-0.2, 0) is 16.1 Å². The number of nitrogens with one attached hydrogen (secondary N) is 2. The van der Waals surface area contributed by atoms with Gasteiger partial charge in [-0.25, -0.2) is 0 Å². The molecule has 25 heavy (non-hydrogen) atoms. The predicted octanol–water partition coefficient (Wildman–Crippen LogP) is 0.397. The van der Waals surface area contributed by atoms with Crippen LogP contribution >= 0.6 is 11.8 Å². The van der Waals surface area contributed by atoms with Crippen LogP contribution in [-0.4, -0.2) is 56.3 Å². The van der Waals surface area contributed by atoms with Crippen molar-refractivity contribution in [2.45, 2.75) is 32.9 Å². The van der Waals surface area contributed by atoms with Crippen LogP contribution in [0.3, 0.4) is 0 Å². The zero-order valence-electron chi connectivity index (χ0n) is 14.5. The molecule has 2 heterocycles. The van der Waals surface area contributed by atoms with E-state index < -0.39 is 6.04 Å². The molecule has 0 aliphatic heterocycles. The van der Waals surface area contributed by atoms with Crippen LogP contribution in [0.2, 0.25) is 0 Å². The van der Waals surface area contributed by atoms with E-state index in [-0.39, 0.29) is 18.4 Å². The molecule has 1 atom stereocenters. The van der Waals surface area contributed by atoms with Gasteiger partial charge in [0.2, 0.25) is 17.7 Å². The molecule has 2 rings (SSSR count). The number of hydrogen-bond acceptors (Lipinski definition) is 7. The maximum absolute atomic E-state index is 12.3. The third kappa shape index (κ3) is 5.31. The Hall–Kier alpha value is -2.36. The summed E-state index contributed by atoms with van der Waals surface area (Å²) in [5.41, 5.74) is 0.563. The molecule has 2 N–H and O–H groups in total. The highest BCUT2D eigenvalue weighted by Gasteiger charge is 2.19. The number of fused-ring (bicyclic) bond motifs is 1. The molecule has 10 heteroatoms. The zero-order valence-corrected chi connectivity index (χ0v) is 15.3. The lowest BCUT2D eigenvalue weighted by Crippen LogP contribution is -2.46. The number of carbonyl (C=O) groups is 2. The summed E-state index contributed by atoms with van der Waals surface area (Å²) in [6.07, 6.45) is 2.51. The molecule has 2 amide bonds. The Morgan fingerprint density at radius 1 is 1.36 bits per heavy atom. The lowest BCUT2D eigenvalue weighted by atomic mass is 10.2. The van der Waals surface area contributed by atoms with E-state index in [9.17, 15) is 9.59 Å². The maximum atomic E-state index is 12.3. The van der Waals surface area contributed by atoms with Gasteiger partial charge in [-0.2, -0.15) is 16.3 Å². The average molecular weight is 366 g/mol. The second-order valence-corrected chi connectivity index (χ2v) is 6.23. The second kappa shape index (κ2) is 9.21. The van der Waals surface area contributed by atoms with E-state index in [1.807, 2.05) is 13.2 Å². The van der Waals surface area contributed by atoms with E-state index in [4.69, 9.17) is 4.74 Å². The number of hydrogen-bond donors (Lipinski definition) is 2. The molecule has 0 aliphatic rings. The van der Waals surface area contributed by atoms with Crippen LogP contribution in [0.25, 0.3) is 5.65 Å². The van der Waals surface area contributed by atoms with Gasteiger partial charge in [0.1, 0.15) is 6.04 Å². The molecule has 0 radical (unpaired) electrons. The standard InChI is InChI=1S/C15H22N6O3S/c1-4-24-14-6-5-12-18-19-13(21(12)20-14)9-16-15(23)11(7-8-25-3)17-10(2)22/h5-6,11H,4,7-9H2,1-3H3,(H,16,23)(H,17,22)/t11-/m1/s1. The molecule has 0 saturated carbocycles. The topological polar surface area (TPSA) is 111 Å². The second-order valence-electron chi connectivity index (χ2n) is 5.24. The van der Waals surface area contributed by atoms with Crippen LogP contribution in [0.4, 0.5) is 0 Å². The van der Waals surface area contributed by atoms with Crippen molar-refractivity contribution in [3.63, 3.8) is 0 Å². The van der Waals surface area contributed by atoms with E-state index in [1.54, 1.807) is 23.9 Å². The molecule has 0 saturated heterocycles. The minimum atomic E-state index is -0.573. The summed E-state index contributed by atoms with van der Waals surface area (Å²) in [5, 5.41) is 17.8. The molecular weight excluding hydrogens is 344 g/mol. The van der Waals surface area contributed by atoms with Crippen molar-refractivity contribution < 1.29 is 14.3 Å². The number of amides is 2. The molecule has 0 spiro atoms. The minimum absolute atomic E-state index is 0.151. The fourth-order valence-corrected chi connectivity index (χ4v) is 2.66. The van der Waals surface area contributed by atoms with Crippen molar-refractivity contribution in [2.24, 2.45) is 0 Å². The first-order valence-electron chi connectivity index (χ1n) is 7.93. The third-order valence-corrected chi connectivity index (χ3v) is 3.96. The molecule has 0 aromatic carbocycles. The van der Waals surface area contributed by atoms with E-state index in [0.717, 1.165) is 5.75 Å². The maximum Gasteiger partial charge on any atom is 0.242 e. The smallest absolute Gasteiger partial charge is 0.242 e. The summed E-state index contributed by atoms with van der Waals surface area (Å²) in [5.74, 6) is 1.21. The number of aromatic nitrogens is 4. The van der Waals surface area contributed by atoms with Gasteiger partial charge in [0.25, 0.3) is 0 Å². The van der Waals surface area contributed by atoms with Crippen molar-refractivity contribution in [3.05, 3.63) is 18.0 Å². The molecule has 0 aliphatic carbocycles. The SMILES string of the molecule is CCOc1ccc2nnc(CNC(=O)[C@@H](CCSC)NC(C)=O)n2n1. The van der Waals surface area contributed by atoms with E-state index in [1.165, 1.54) is 11.4 Å². The molecule has 136 valence electrons. The van der Waals surface area contributed by atoms with Crippen LogP contribution in [0, 0.1) is 0 Å². The fraction of sp³-hybridized carbons (Fsp3) is 0.533. The highest BCUT2D eigenvalue weighted by atomic mass is 32.2. The van der Waals surface area contributed by atoms with E-state index >= 15 is 0 Å². The Morgan fingerprint density at radius 3 is 2.84 bits per heavy atom. The molecule has 0 unspecified atom stereocenters. The Morgan fingerprint density at radius 2 is 2.16 bits per heavy atom. The van der Waals surface area contributed by atoms with E-state index in [0.29, 0.717) is 30.4 Å². The Bertz CT molecular complexity index is 735. The summed E-state index contributed by atoms with van der Waals surface area (Å²) in [4.78, 5) is 23.6. The summed E-state index contributed by atoms with van der Waals surface area (Å²) < 4.78 is 6.89. The van der Waals surface area contributed by atoms with Crippen LogP contribution in [0.15, 0.2) is 12.1 Å². The molecule has 0 bridgehead atoms. The van der Waals surface area contributed by atoms with Crippen LogP contribution < -0.4 is 15.4 Å². The average Bonchev–Trinajstić information content (AvgIpc) is 2.99. The lowest BCUT2D eigenvalue weighted by molar-refractivity contribution is -0.128. The molecular formula is C15H22N6O3S. The van der Waals surface area contributed by atoms with Crippen LogP contribution in [0.5, 0.6) is 5.88 Å². The van der Waals surface area contributed by atoms with Crippen molar-refractivity contribution in [1.29, 1.82) is 0 Å². The Kier molecular flexibility index (Phi) is 6.99. The van der Waals surface area contributed by atoms with Crippen molar-refractivity contribution in [2.75, 3.05) is 18.6 Å². The van der Waals surface area contributed by atoms with Crippen molar-refractivity contribution >= 4 is 29.2 Å². The first kappa shape index (κ1) is 19.0. The quantitative estimate of drug-likeness (QED) is 0.661. The Balaban J connectivity index is 2.05. The van der Waals surface area contributed by atoms with Gasteiger partial charge in [-0.1, -0.05) is 0 Å². The van der Waals surface area contributed by atoms with E-state index in [2.05, 4.69) is 25.9 Å². The number of ether oxygens (including phenoxy) is 1. The van der Waals surface area contributed by atoms with Crippen molar-refractivity contribution in [1.82, 2.24) is 30.4 Å². The monoisotopic (exact) mass is 366 g/mol. The van der Waals surface area contributed by atoms with Crippen LogP contribution in [0.1, 0.15) is 26.1 Å². The number of rotatable bonds is 9. The first-order chi connectivity index (χ1) is 12.0. The molecule has 2 aromatic heterocycles. The molecule has 9 nitrogen and oxygen atoms in total. The van der Waals surface area contributed by atoms with Gasteiger partial charge in [-0.3, -0.25) is 9.59 Å². The molecule has 0 fully saturated rings. The fourth-order valence-electron chi connectivity index (χ4n) is 2.19. The van der Waals surface area contributed by atoms with Gasteiger partial charge < -0.3 is 15.4 Å². The number of carbonyl (C=O) groups excluding carboxylic acids is 2. The predicted molar refractivity (Wildman–Crippen MR) is 94.4 cm³/mol. The van der Waals surface area contributed by atoms with Gasteiger partial charge in [0.05, 0.1) is 13.2 Å². The number of thioether (sulfide) groups is 1. The largest absolute Gasteiger partial charge is 0.477 e. The van der Waals surface area contributed by atoms with Gasteiger partial charge in [0.15, 0.2) is 11.5 Å². The van der Waals surface area contributed by atoms with Crippen molar-refractivity contribution in [3.8, 4) is 5.88 Å². The zero-order chi connectivity index (χ0) is 18.2. The minimum Gasteiger partial charge on any atom is -0.477 e. The summed E-state index contributed by atoms with van der Waals surface area (Å²) >= 11 is 1.62. The lowest BCUT2D eigenvalue weighted by Gasteiger charge is -2.16. The Labute approximate surface area is 149 Å². The van der Waals surface area contributed by atoms with Gasteiger partial charge in [-0.15, -0.1) is 15.3 Å².